The van der Waals surface area contributed by atoms with Gasteiger partial charge >= 0.3 is 0 Å². The normalized spacial score (nSPS) is 19.7. The molecule has 2 unspecified atom stereocenters. The highest BCUT2D eigenvalue weighted by atomic mass is 32.2. The van der Waals surface area contributed by atoms with Crippen LogP contribution in [0.1, 0.15) is 30.9 Å². The molecule has 158 valence electrons. The van der Waals surface area contributed by atoms with Crippen molar-refractivity contribution in [2.75, 3.05) is 13.7 Å². The molecule has 2 atom stereocenters. The van der Waals surface area contributed by atoms with Crippen molar-refractivity contribution < 1.29 is 18.3 Å². The first-order valence-corrected chi connectivity index (χ1v) is 11.4. The maximum Gasteiger partial charge on any atom is 0.244 e. The van der Waals surface area contributed by atoms with Crippen LogP contribution in [-0.2, 0) is 15.6 Å². The van der Waals surface area contributed by atoms with E-state index in [9.17, 15) is 13.5 Å². The van der Waals surface area contributed by atoms with Crippen molar-refractivity contribution in [3.8, 4) is 5.75 Å². The first kappa shape index (κ1) is 20.8. The molecule has 3 aromatic rings. The molecule has 1 aliphatic heterocycles. The quantitative estimate of drug-likeness (QED) is 0.674. The first-order valence-electron chi connectivity index (χ1n) is 10.00. The molecular weight excluding hydrogens is 400 g/mol. The molecule has 1 saturated heterocycles. The van der Waals surface area contributed by atoms with Gasteiger partial charge in [-0.15, -0.1) is 0 Å². The molecule has 1 aromatic heterocycles. The highest BCUT2D eigenvalue weighted by Crippen LogP contribution is 2.39. The molecule has 0 bridgehead atoms. The molecule has 1 aliphatic rings. The standard InChI is InChI=1S/C23H26N2O4S/c1-16-8-13-20(19-6-4-14-24-22(16)19)30(27,28)25-15-5-7-21(25)23(2,26)17-9-11-18(29-3)12-10-17/h4,6,8-14,21,26H,5,7,15H2,1-3H3. The van der Waals surface area contributed by atoms with E-state index in [2.05, 4.69) is 4.98 Å². The summed E-state index contributed by atoms with van der Waals surface area (Å²) in [5, 5.41) is 12.0. The number of rotatable bonds is 5. The number of aromatic nitrogens is 1. The predicted molar refractivity (Wildman–Crippen MR) is 116 cm³/mol. The van der Waals surface area contributed by atoms with Crippen LogP contribution in [0, 0.1) is 6.92 Å². The second kappa shape index (κ2) is 7.65. The Morgan fingerprint density at radius 2 is 1.90 bits per heavy atom. The van der Waals surface area contributed by atoms with E-state index in [4.69, 9.17) is 4.74 Å². The maximum atomic E-state index is 13.7. The van der Waals surface area contributed by atoms with Crippen LogP contribution < -0.4 is 4.74 Å². The molecule has 7 heteroatoms. The molecule has 30 heavy (non-hydrogen) atoms. The van der Waals surface area contributed by atoms with E-state index < -0.39 is 21.7 Å². The Kier molecular flexibility index (Phi) is 5.30. The number of methoxy groups -OCH3 is 1. The summed E-state index contributed by atoms with van der Waals surface area (Å²) in [5.74, 6) is 0.684. The van der Waals surface area contributed by atoms with Crippen LogP contribution in [0.25, 0.3) is 10.9 Å². The summed E-state index contributed by atoms with van der Waals surface area (Å²) < 4.78 is 34.1. The number of pyridine rings is 1. The Hall–Kier alpha value is -2.48. The van der Waals surface area contributed by atoms with Crippen molar-refractivity contribution in [3.05, 3.63) is 65.9 Å². The van der Waals surface area contributed by atoms with E-state index in [1.165, 1.54) is 4.31 Å². The van der Waals surface area contributed by atoms with Crippen LogP contribution >= 0.6 is 0 Å². The van der Waals surface area contributed by atoms with E-state index >= 15 is 0 Å². The summed E-state index contributed by atoms with van der Waals surface area (Å²) in [7, 11) is -2.24. The van der Waals surface area contributed by atoms with Crippen LogP contribution in [-0.4, -0.2) is 42.5 Å². The maximum absolute atomic E-state index is 13.7. The average Bonchev–Trinajstić information content (AvgIpc) is 3.26. The van der Waals surface area contributed by atoms with Crippen LogP contribution in [0.3, 0.4) is 0 Å². The number of ether oxygens (including phenoxy) is 1. The SMILES string of the molecule is COc1ccc(C(C)(O)C2CCCN2S(=O)(=O)c2ccc(C)c3ncccc23)cc1. The second-order valence-electron chi connectivity index (χ2n) is 7.93. The predicted octanol–water partition coefficient (Wildman–Crippen LogP) is 3.61. The number of aliphatic hydroxyl groups is 1. The Labute approximate surface area is 177 Å². The Morgan fingerprint density at radius 1 is 1.17 bits per heavy atom. The van der Waals surface area contributed by atoms with Crippen LogP contribution in [0.4, 0.5) is 0 Å². The third-order valence-corrected chi connectivity index (χ3v) is 8.01. The van der Waals surface area contributed by atoms with E-state index in [1.807, 2.05) is 6.92 Å². The smallest absolute Gasteiger partial charge is 0.244 e. The molecule has 0 amide bonds. The molecule has 0 spiro atoms. The molecule has 1 N–H and O–H groups in total. The van der Waals surface area contributed by atoms with Gasteiger partial charge in [0.15, 0.2) is 0 Å². The van der Waals surface area contributed by atoms with Crippen LogP contribution in [0.5, 0.6) is 5.75 Å². The zero-order valence-corrected chi connectivity index (χ0v) is 18.2. The Balaban J connectivity index is 1.77. The highest BCUT2D eigenvalue weighted by molar-refractivity contribution is 7.89. The summed E-state index contributed by atoms with van der Waals surface area (Å²) in [6.07, 6.45) is 2.94. The van der Waals surface area contributed by atoms with Crippen molar-refractivity contribution in [2.45, 2.75) is 43.2 Å². The van der Waals surface area contributed by atoms with Crippen molar-refractivity contribution in [1.29, 1.82) is 0 Å². The fourth-order valence-corrected chi connectivity index (χ4v) is 6.30. The summed E-state index contributed by atoms with van der Waals surface area (Å²) in [4.78, 5) is 4.60. The van der Waals surface area contributed by atoms with E-state index in [1.54, 1.807) is 68.8 Å². The van der Waals surface area contributed by atoms with Gasteiger partial charge in [0.05, 0.1) is 23.6 Å². The summed E-state index contributed by atoms with van der Waals surface area (Å²) in [6, 6.07) is 13.5. The third-order valence-electron chi connectivity index (χ3n) is 6.05. The number of sulfonamides is 1. The molecule has 0 radical (unpaired) electrons. The van der Waals surface area contributed by atoms with Gasteiger partial charge in [-0.3, -0.25) is 4.98 Å². The van der Waals surface area contributed by atoms with E-state index in [-0.39, 0.29) is 4.90 Å². The zero-order valence-electron chi connectivity index (χ0n) is 17.4. The molecule has 2 aromatic carbocycles. The largest absolute Gasteiger partial charge is 0.497 e. The van der Waals surface area contributed by atoms with E-state index in [0.29, 0.717) is 41.6 Å². The highest BCUT2D eigenvalue weighted by Gasteiger charge is 2.46. The van der Waals surface area contributed by atoms with Crippen LogP contribution in [0.2, 0.25) is 0 Å². The Morgan fingerprint density at radius 3 is 2.60 bits per heavy atom. The summed E-state index contributed by atoms with van der Waals surface area (Å²) in [6.45, 7) is 3.97. The van der Waals surface area contributed by atoms with Crippen molar-refractivity contribution in [2.24, 2.45) is 0 Å². The lowest BCUT2D eigenvalue weighted by molar-refractivity contribution is -0.000678. The summed E-state index contributed by atoms with van der Waals surface area (Å²) >= 11 is 0. The fourth-order valence-electron chi connectivity index (χ4n) is 4.35. The van der Waals surface area contributed by atoms with Crippen LogP contribution in [0.15, 0.2) is 59.6 Å². The minimum Gasteiger partial charge on any atom is -0.497 e. The molecule has 1 fully saturated rings. The van der Waals surface area contributed by atoms with Gasteiger partial charge in [-0.05, 0) is 68.1 Å². The van der Waals surface area contributed by atoms with Gasteiger partial charge in [-0.25, -0.2) is 8.42 Å². The zero-order chi connectivity index (χ0) is 21.5. The van der Waals surface area contributed by atoms with Crippen molar-refractivity contribution in [3.63, 3.8) is 0 Å². The number of hydrogen-bond donors (Lipinski definition) is 1. The molecule has 2 heterocycles. The van der Waals surface area contributed by atoms with Gasteiger partial charge in [0.2, 0.25) is 10.0 Å². The third kappa shape index (κ3) is 3.37. The van der Waals surface area contributed by atoms with Gasteiger partial charge in [0.1, 0.15) is 11.4 Å². The van der Waals surface area contributed by atoms with Crippen molar-refractivity contribution in [1.82, 2.24) is 9.29 Å². The van der Waals surface area contributed by atoms with Gasteiger partial charge < -0.3 is 9.84 Å². The minimum absolute atomic E-state index is 0.230. The average molecular weight is 427 g/mol. The van der Waals surface area contributed by atoms with Gasteiger partial charge in [0.25, 0.3) is 0 Å². The Bertz CT molecular complexity index is 1170. The fraction of sp³-hybridized carbons (Fsp3) is 0.348. The monoisotopic (exact) mass is 426 g/mol. The second-order valence-corrected chi connectivity index (χ2v) is 9.79. The lowest BCUT2D eigenvalue weighted by Crippen LogP contribution is -2.48. The minimum atomic E-state index is -3.83. The number of fused-ring (bicyclic) bond motifs is 1. The van der Waals surface area contributed by atoms with Crippen molar-refractivity contribution >= 4 is 20.9 Å². The number of nitrogens with zero attached hydrogens (tertiary/aromatic N) is 2. The summed E-state index contributed by atoms with van der Waals surface area (Å²) in [5.41, 5.74) is 0.920. The number of hydrogen-bond acceptors (Lipinski definition) is 5. The van der Waals surface area contributed by atoms with Gasteiger partial charge in [-0.1, -0.05) is 18.2 Å². The van der Waals surface area contributed by atoms with Gasteiger partial charge in [0, 0.05) is 18.1 Å². The molecule has 0 saturated carbocycles. The van der Waals surface area contributed by atoms with Gasteiger partial charge in [-0.2, -0.15) is 4.31 Å². The molecular formula is C23H26N2O4S. The first-order chi connectivity index (χ1) is 14.3. The lowest BCUT2D eigenvalue weighted by atomic mass is 9.87. The number of aryl methyl sites for hydroxylation is 1. The number of benzene rings is 2. The lowest BCUT2D eigenvalue weighted by Gasteiger charge is -2.36. The topological polar surface area (TPSA) is 79.7 Å². The van der Waals surface area contributed by atoms with E-state index in [0.717, 1.165) is 5.56 Å². The molecule has 0 aliphatic carbocycles. The molecule has 4 rings (SSSR count). The molecule has 6 nitrogen and oxygen atoms in total.